The van der Waals surface area contributed by atoms with Gasteiger partial charge in [-0.15, -0.1) is 0 Å². The summed E-state index contributed by atoms with van der Waals surface area (Å²) in [5.41, 5.74) is 1.38. The maximum atomic E-state index is 12.4. The summed E-state index contributed by atoms with van der Waals surface area (Å²) in [6, 6.07) is 1.41. The van der Waals surface area contributed by atoms with Crippen LogP contribution < -0.4 is 5.32 Å². The molecular weight excluding hydrogens is 298 g/mol. The largest absolute Gasteiger partial charge is 0.384 e. The van der Waals surface area contributed by atoms with E-state index < -0.39 is 0 Å². The molecule has 0 saturated heterocycles. The predicted octanol–water partition coefficient (Wildman–Crippen LogP) is 1.61. The van der Waals surface area contributed by atoms with Gasteiger partial charge >= 0.3 is 0 Å². The molecule has 126 valence electrons. The Morgan fingerprint density at radius 1 is 1.43 bits per heavy atom. The van der Waals surface area contributed by atoms with Crippen LogP contribution >= 0.6 is 0 Å². The minimum atomic E-state index is -0.385. The lowest BCUT2D eigenvalue weighted by Crippen LogP contribution is -2.28. The summed E-state index contributed by atoms with van der Waals surface area (Å²) in [5.74, 6) is 0.969. The SMILES string of the molecule is COCCc1noc([C@@H](C)NC(=O)c2cc(C(C)C)nn2C)n1. The van der Waals surface area contributed by atoms with Gasteiger partial charge in [-0.1, -0.05) is 19.0 Å². The fourth-order valence-electron chi connectivity index (χ4n) is 2.05. The van der Waals surface area contributed by atoms with Gasteiger partial charge in [0.05, 0.1) is 12.3 Å². The van der Waals surface area contributed by atoms with Crippen LogP contribution in [0.4, 0.5) is 0 Å². The molecule has 2 heterocycles. The quantitative estimate of drug-likeness (QED) is 0.832. The average Bonchev–Trinajstić information content (AvgIpc) is 3.11. The molecule has 23 heavy (non-hydrogen) atoms. The third-order valence-electron chi connectivity index (χ3n) is 3.45. The lowest BCUT2D eigenvalue weighted by Gasteiger charge is -2.09. The van der Waals surface area contributed by atoms with E-state index in [0.29, 0.717) is 30.4 Å². The maximum absolute atomic E-state index is 12.4. The molecule has 0 bridgehead atoms. The second-order valence-electron chi connectivity index (χ2n) is 5.72. The second-order valence-corrected chi connectivity index (χ2v) is 5.72. The minimum absolute atomic E-state index is 0.226. The van der Waals surface area contributed by atoms with Crippen molar-refractivity contribution in [3.8, 4) is 0 Å². The smallest absolute Gasteiger partial charge is 0.270 e. The summed E-state index contributed by atoms with van der Waals surface area (Å²) in [5, 5.41) is 11.1. The number of aromatic nitrogens is 4. The number of amides is 1. The van der Waals surface area contributed by atoms with Crippen molar-refractivity contribution in [1.82, 2.24) is 25.2 Å². The van der Waals surface area contributed by atoms with Crippen LogP contribution in [0.3, 0.4) is 0 Å². The van der Waals surface area contributed by atoms with E-state index in [2.05, 4.69) is 20.6 Å². The molecule has 0 aliphatic rings. The van der Waals surface area contributed by atoms with Gasteiger partial charge in [-0.25, -0.2) is 0 Å². The van der Waals surface area contributed by atoms with Crippen LogP contribution in [0.2, 0.25) is 0 Å². The Hall–Kier alpha value is -2.22. The van der Waals surface area contributed by atoms with Crippen LogP contribution in [0.15, 0.2) is 10.6 Å². The standard InChI is InChI=1S/C15H23N5O3/c1-9(2)11-8-12(20(4)18-11)14(21)16-10(3)15-17-13(19-23-15)6-7-22-5/h8-10H,6-7H2,1-5H3,(H,16,21)/t10-/m1/s1. The number of methoxy groups -OCH3 is 1. The van der Waals surface area contributed by atoms with Crippen LogP contribution in [0, 0.1) is 0 Å². The summed E-state index contributed by atoms with van der Waals surface area (Å²) in [7, 11) is 3.37. The van der Waals surface area contributed by atoms with E-state index in [4.69, 9.17) is 9.26 Å². The van der Waals surface area contributed by atoms with Crippen molar-refractivity contribution in [3.05, 3.63) is 29.2 Å². The van der Waals surface area contributed by atoms with Crippen LogP contribution in [-0.4, -0.2) is 39.5 Å². The number of nitrogens with zero attached hydrogens (tertiary/aromatic N) is 4. The summed E-state index contributed by atoms with van der Waals surface area (Å²) in [6.45, 7) is 6.39. The van der Waals surface area contributed by atoms with E-state index in [-0.39, 0.29) is 17.9 Å². The molecule has 1 amide bonds. The van der Waals surface area contributed by atoms with Crippen LogP contribution in [-0.2, 0) is 18.2 Å². The van der Waals surface area contributed by atoms with Crippen molar-refractivity contribution < 1.29 is 14.1 Å². The zero-order chi connectivity index (χ0) is 17.0. The zero-order valence-electron chi connectivity index (χ0n) is 14.2. The fraction of sp³-hybridized carbons (Fsp3) is 0.600. The summed E-state index contributed by atoms with van der Waals surface area (Å²) in [6.07, 6.45) is 0.570. The van der Waals surface area contributed by atoms with E-state index in [0.717, 1.165) is 5.69 Å². The van der Waals surface area contributed by atoms with Gasteiger partial charge in [0, 0.05) is 20.6 Å². The number of hydrogen-bond acceptors (Lipinski definition) is 6. The van der Waals surface area contributed by atoms with Crippen molar-refractivity contribution in [2.24, 2.45) is 7.05 Å². The Morgan fingerprint density at radius 2 is 2.17 bits per heavy atom. The molecule has 0 aliphatic heterocycles. The Labute approximate surface area is 135 Å². The van der Waals surface area contributed by atoms with E-state index >= 15 is 0 Å². The molecule has 2 rings (SSSR count). The molecule has 1 atom stereocenters. The Bertz CT molecular complexity index is 662. The van der Waals surface area contributed by atoms with Crippen molar-refractivity contribution in [2.75, 3.05) is 13.7 Å². The zero-order valence-corrected chi connectivity index (χ0v) is 14.2. The van der Waals surface area contributed by atoms with Gasteiger partial charge in [0.15, 0.2) is 5.82 Å². The predicted molar refractivity (Wildman–Crippen MR) is 83.1 cm³/mol. The van der Waals surface area contributed by atoms with Gasteiger partial charge in [0.25, 0.3) is 5.91 Å². The van der Waals surface area contributed by atoms with Crippen molar-refractivity contribution in [2.45, 2.75) is 39.2 Å². The van der Waals surface area contributed by atoms with Gasteiger partial charge in [-0.2, -0.15) is 10.1 Å². The molecule has 0 fully saturated rings. The molecule has 0 spiro atoms. The summed E-state index contributed by atoms with van der Waals surface area (Å²) >= 11 is 0. The van der Waals surface area contributed by atoms with Crippen molar-refractivity contribution in [1.29, 1.82) is 0 Å². The molecule has 8 heteroatoms. The first kappa shape index (κ1) is 17.1. The normalized spacial score (nSPS) is 12.6. The third kappa shape index (κ3) is 4.16. The van der Waals surface area contributed by atoms with Crippen LogP contribution in [0.25, 0.3) is 0 Å². The van der Waals surface area contributed by atoms with Gasteiger partial charge in [-0.05, 0) is 18.9 Å². The second kappa shape index (κ2) is 7.36. The first-order chi connectivity index (χ1) is 10.9. The Balaban J connectivity index is 2.03. The highest BCUT2D eigenvalue weighted by Crippen LogP contribution is 2.15. The number of ether oxygens (including phenoxy) is 1. The first-order valence-corrected chi connectivity index (χ1v) is 7.58. The van der Waals surface area contributed by atoms with Crippen molar-refractivity contribution in [3.63, 3.8) is 0 Å². The maximum Gasteiger partial charge on any atom is 0.270 e. The highest BCUT2D eigenvalue weighted by Gasteiger charge is 2.20. The van der Waals surface area contributed by atoms with Gasteiger partial charge in [0.2, 0.25) is 5.89 Å². The topological polar surface area (TPSA) is 95.1 Å². The molecule has 0 aliphatic carbocycles. The van der Waals surface area contributed by atoms with Gasteiger partial charge < -0.3 is 14.6 Å². The van der Waals surface area contributed by atoms with Gasteiger partial charge in [-0.3, -0.25) is 9.48 Å². The molecule has 8 nitrogen and oxygen atoms in total. The van der Waals surface area contributed by atoms with Crippen molar-refractivity contribution >= 4 is 5.91 Å². The number of carbonyl (C=O) groups excluding carboxylic acids is 1. The highest BCUT2D eigenvalue weighted by molar-refractivity contribution is 5.92. The monoisotopic (exact) mass is 321 g/mol. The molecule has 0 unspecified atom stereocenters. The average molecular weight is 321 g/mol. The number of nitrogens with one attached hydrogen (secondary N) is 1. The molecule has 0 saturated carbocycles. The minimum Gasteiger partial charge on any atom is -0.384 e. The molecule has 2 aromatic heterocycles. The number of rotatable bonds is 7. The highest BCUT2D eigenvalue weighted by atomic mass is 16.5. The first-order valence-electron chi connectivity index (χ1n) is 7.58. The van der Waals surface area contributed by atoms with E-state index in [1.807, 2.05) is 13.8 Å². The number of aryl methyl sites for hydroxylation is 1. The lowest BCUT2D eigenvalue weighted by atomic mass is 10.1. The molecule has 2 aromatic rings. The van der Waals surface area contributed by atoms with E-state index in [1.54, 1.807) is 31.8 Å². The molecular formula is C15H23N5O3. The summed E-state index contributed by atoms with van der Waals surface area (Å²) < 4.78 is 11.7. The number of hydrogen-bond donors (Lipinski definition) is 1. The van der Waals surface area contributed by atoms with E-state index in [9.17, 15) is 4.79 Å². The molecule has 0 radical (unpaired) electrons. The Morgan fingerprint density at radius 3 is 2.78 bits per heavy atom. The molecule has 0 aromatic carbocycles. The number of carbonyl (C=O) groups is 1. The van der Waals surface area contributed by atoms with Gasteiger partial charge in [0.1, 0.15) is 11.7 Å². The summed E-state index contributed by atoms with van der Waals surface area (Å²) in [4.78, 5) is 16.6. The van der Waals surface area contributed by atoms with E-state index in [1.165, 1.54) is 0 Å². The fourth-order valence-corrected chi connectivity index (χ4v) is 2.05. The van der Waals surface area contributed by atoms with Crippen LogP contribution in [0.5, 0.6) is 0 Å². The van der Waals surface area contributed by atoms with Crippen LogP contribution in [0.1, 0.15) is 60.6 Å². The molecule has 1 N–H and O–H groups in total. The third-order valence-corrected chi connectivity index (χ3v) is 3.45. The Kier molecular flexibility index (Phi) is 5.49. The lowest BCUT2D eigenvalue weighted by molar-refractivity contribution is 0.0923.